The van der Waals surface area contributed by atoms with E-state index in [1.54, 1.807) is 19.9 Å². The van der Waals surface area contributed by atoms with Gasteiger partial charge in [-0.1, -0.05) is 23.6 Å². The number of allylic oxidation sites excluding steroid dienone is 1. The highest BCUT2D eigenvalue weighted by Gasteiger charge is 2.17. The van der Waals surface area contributed by atoms with E-state index in [9.17, 15) is 4.79 Å². The molecule has 1 aromatic heterocycles. The Hall–Kier alpha value is -1.73. The van der Waals surface area contributed by atoms with Gasteiger partial charge < -0.3 is 5.32 Å². The van der Waals surface area contributed by atoms with Crippen LogP contribution in [-0.4, -0.2) is 15.3 Å². The minimum absolute atomic E-state index is 0.0742. The van der Waals surface area contributed by atoms with Gasteiger partial charge in [0.25, 0.3) is 5.56 Å². The number of halogens is 1. The highest BCUT2D eigenvalue weighted by Crippen LogP contribution is 2.19. The Labute approximate surface area is 105 Å². The van der Waals surface area contributed by atoms with Crippen LogP contribution in [-0.2, 0) is 6.54 Å². The van der Waals surface area contributed by atoms with Crippen molar-refractivity contribution in [3.8, 4) is 12.3 Å². The fraction of sp³-hybridized carbons (Fsp3) is 0.333. The summed E-state index contributed by atoms with van der Waals surface area (Å²) in [6, 6.07) is 0. The Bertz CT molecular complexity index is 526. The van der Waals surface area contributed by atoms with E-state index in [2.05, 4.69) is 22.9 Å². The van der Waals surface area contributed by atoms with E-state index in [1.807, 2.05) is 0 Å². The number of nitrogens with one attached hydrogen (secondary N) is 1. The molecule has 4 nitrogen and oxygen atoms in total. The number of hydrogen-bond acceptors (Lipinski definition) is 3. The molecule has 0 spiro atoms. The van der Waals surface area contributed by atoms with Crippen molar-refractivity contribution in [2.75, 3.05) is 5.32 Å². The molecule has 17 heavy (non-hydrogen) atoms. The molecule has 0 aliphatic rings. The standard InChI is InChI=1S/C12H14ClN3O/c1-5-7-16-11(17)10(13)9(8-14-16)15-12(3,4)6-2/h2,5,8,15H,1,7H2,3-4H3. The van der Waals surface area contributed by atoms with Gasteiger partial charge in [0.15, 0.2) is 0 Å². The highest BCUT2D eigenvalue weighted by atomic mass is 35.5. The summed E-state index contributed by atoms with van der Waals surface area (Å²) in [4.78, 5) is 11.8. The summed E-state index contributed by atoms with van der Waals surface area (Å²) in [5, 5.41) is 7.02. The topological polar surface area (TPSA) is 46.9 Å². The van der Waals surface area contributed by atoms with Gasteiger partial charge in [-0.15, -0.1) is 13.0 Å². The average molecular weight is 252 g/mol. The predicted octanol–water partition coefficient (Wildman–Crippen LogP) is 1.91. The van der Waals surface area contributed by atoms with E-state index in [0.29, 0.717) is 12.2 Å². The number of hydrogen-bond donors (Lipinski definition) is 1. The molecular formula is C12H14ClN3O. The van der Waals surface area contributed by atoms with Gasteiger partial charge in [0, 0.05) is 0 Å². The molecule has 0 aliphatic heterocycles. The first-order valence-corrected chi connectivity index (χ1v) is 5.41. The van der Waals surface area contributed by atoms with Crippen LogP contribution in [0.2, 0.25) is 5.02 Å². The summed E-state index contributed by atoms with van der Waals surface area (Å²) in [5.74, 6) is 2.55. The summed E-state index contributed by atoms with van der Waals surface area (Å²) < 4.78 is 1.23. The first-order valence-electron chi connectivity index (χ1n) is 5.03. The second-order valence-electron chi connectivity index (χ2n) is 4.04. The monoisotopic (exact) mass is 251 g/mol. The van der Waals surface area contributed by atoms with E-state index in [-0.39, 0.29) is 10.6 Å². The molecule has 0 unspecified atom stereocenters. The van der Waals surface area contributed by atoms with Crippen LogP contribution >= 0.6 is 11.6 Å². The number of nitrogens with zero attached hydrogens (tertiary/aromatic N) is 2. The maximum absolute atomic E-state index is 11.8. The van der Waals surface area contributed by atoms with Gasteiger partial charge in [0.1, 0.15) is 5.02 Å². The largest absolute Gasteiger partial charge is 0.367 e. The fourth-order valence-corrected chi connectivity index (χ4v) is 1.37. The van der Waals surface area contributed by atoms with Crippen LogP contribution in [0.5, 0.6) is 0 Å². The zero-order valence-electron chi connectivity index (χ0n) is 9.83. The molecule has 0 fully saturated rings. The molecule has 0 aliphatic carbocycles. The van der Waals surface area contributed by atoms with Crippen LogP contribution in [0.15, 0.2) is 23.6 Å². The molecule has 90 valence electrons. The second-order valence-corrected chi connectivity index (χ2v) is 4.42. The van der Waals surface area contributed by atoms with Crippen molar-refractivity contribution in [1.29, 1.82) is 0 Å². The van der Waals surface area contributed by atoms with Crippen molar-refractivity contribution < 1.29 is 0 Å². The lowest BCUT2D eigenvalue weighted by Crippen LogP contribution is -2.31. The minimum Gasteiger partial charge on any atom is -0.367 e. The Kier molecular flexibility index (Phi) is 3.97. The second kappa shape index (κ2) is 5.07. The van der Waals surface area contributed by atoms with E-state index in [1.165, 1.54) is 10.9 Å². The molecule has 0 bridgehead atoms. The molecule has 0 saturated carbocycles. The quantitative estimate of drug-likeness (QED) is 0.657. The smallest absolute Gasteiger partial charge is 0.287 e. The summed E-state index contributed by atoms with van der Waals surface area (Å²) in [7, 11) is 0. The summed E-state index contributed by atoms with van der Waals surface area (Å²) in [5.41, 5.74) is -0.535. The van der Waals surface area contributed by atoms with Gasteiger partial charge in [-0.2, -0.15) is 5.10 Å². The Morgan fingerprint density at radius 1 is 1.76 bits per heavy atom. The highest BCUT2D eigenvalue weighted by molar-refractivity contribution is 6.32. The van der Waals surface area contributed by atoms with Gasteiger partial charge in [0.05, 0.1) is 24.0 Å². The first-order chi connectivity index (χ1) is 7.91. The number of rotatable bonds is 4. The summed E-state index contributed by atoms with van der Waals surface area (Å²) >= 11 is 5.96. The van der Waals surface area contributed by atoms with Gasteiger partial charge in [-0.05, 0) is 13.8 Å². The van der Waals surface area contributed by atoms with Crippen LogP contribution in [0.1, 0.15) is 13.8 Å². The summed E-state index contributed by atoms with van der Waals surface area (Å²) in [6.45, 7) is 7.46. The fourth-order valence-electron chi connectivity index (χ4n) is 1.18. The van der Waals surface area contributed by atoms with Crippen molar-refractivity contribution in [1.82, 2.24) is 9.78 Å². The number of aromatic nitrogens is 2. The van der Waals surface area contributed by atoms with Crippen molar-refractivity contribution in [3.63, 3.8) is 0 Å². The first kappa shape index (κ1) is 13.3. The van der Waals surface area contributed by atoms with E-state index in [4.69, 9.17) is 18.0 Å². The Morgan fingerprint density at radius 2 is 2.41 bits per heavy atom. The molecule has 1 aromatic rings. The third kappa shape index (κ3) is 3.11. The third-order valence-corrected chi connectivity index (χ3v) is 2.46. The molecule has 1 heterocycles. The predicted molar refractivity (Wildman–Crippen MR) is 70.2 cm³/mol. The van der Waals surface area contributed by atoms with E-state index in [0.717, 1.165) is 0 Å². The third-order valence-electron chi connectivity index (χ3n) is 2.09. The normalized spacial score (nSPS) is 10.7. The molecule has 0 aromatic carbocycles. The van der Waals surface area contributed by atoms with Gasteiger partial charge in [0.2, 0.25) is 0 Å². The van der Waals surface area contributed by atoms with E-state index >= 15 is 0 Å². The Morgan fingerprint density at radius 3 is 2.94 bits per heavy atom. The molecule has 0 amide bonds. The molecule has 0 radical (unpaired) electrons. The summed E-state index contributed by atoms with van der Waals surface area (Å²) in [6.07, 6.45) is 8.40. The molecule has 0 saturated heterocycles. The van der Waals surface area contributed by atoms with Crippen molar-refractivity contribution in [3.05, 3.63) is 34.2 Å². The zero-order valence-corrected chi connectivity index (χ0v) is 10.6. The van der Waals surface area contributed by atoms with Gasteiger partial charge in [-0.25, -0.2) is 4.68 Å². The maximum Gasteiger partial charge on any atom is 0.287 e. The molecule has 5 heteroatoms. The lowest BCUT2D eigenvalue weighted by Gasteiger charge is -2.21. The molecule has 1 N–H and O–H groups in total. The maximum atomic E-state index is 11.8. The number of anilines is 1. The van der Waals surface area contributed by atoms with Crippen molar-refractivity contribution in [2.45, 2.75) is 25.9 Å². The molecule has 0 atom stereocenters. The molecule has 1 rings (SSSR count). The van der Waals surface area contributed by atoms with Crippen LogP contribution in [0.25, 0.3) is 0 Å². The SMILES string of the molecule is C#CC(C)(C)Nc1cnn(CC=C)c(=O)c1Cl. The minimum atomic E-state index is -0.595. The lowest BCUT2D eigenvalue weighted by atomic mass is 10.1. The van der Waals surface area contributed by atoms with Crippen molar-refractivity contribution in [2.24, 2.45) is 0 Å². The van der Waals surface area contributed by atoms with Gasteiger partial charge in [-0.3, -0.25) is 4.79 Å². The van der Waals surface area contributed by atoms with Crippen LogP contribution in [0, 0.1) is 12.3 Å². The Balaban J connectivity index is 3.14. The van der Waals surface area contributed by atoms with E-state index < -0.39 is 5.54 Å². The lowest BCUT2D eigenvalue weighted by molar-refractivity contribution is 0.649. The van der Waals surface area contributed by atoms with Crippen LogP contribution in [0.4, 0.5) is 5.69 Å². The van der Waals surface area contributed by atoms with Gasteiger partial charge >= 0.3 is 0 Å². The zero-order chi connectivity index (χ0) is 13.1. The molecular weight excluding hydrogens is 238 g/mol. The average Bonchev–Trinajstić information content (AvgIpc) is 2.29. The number of terminal acetylenes is 1. The van der Waals surface area contributed by atoms with Crippen molar-refractivity contribution >= 4 is 17.3 Å². The van der Waals surface area contributed by atoms with Crippen LogP contribution < -0.4 is 10.9 Å². The van der Waals surface area contributed by atoms with Crippen LogP contribution in [0.3, 0.4) is 0 Å².